The van der Waals surface area contributed by atoms with Gasteiger partial charge in [-0.3, -0.25) is 9.80 Å². The van der Waals surface area contributed by atoms with Crippen LogP contribution in [-0.4, -0.2) is 55.1 Å². The average Bonchev–Trinajstić information content (AvgIpc) is 2.36. The summed E-state index contributed by atoms with van der Waals surface area (Å²) in [5, 5.41) is 3.25. The van der Waals surface area contributed by atoms with E-state index in [9.17, 15) is 13.2 Å². The molecule has 6 heteroatoms. The molecule has 0 aliphatic carbocycles. The molecule has 0 spiro atoms. The van der Waals surface area contributed by atoms with Crippen LogP contribution in [0.2, 0.25) is 0 Å². The zero-order chi connectivity index (χ0) is 14.1. The Hall–Kier alpha value is -1.11. The van der Waals surface area contributed by atoms with Gasteiger partial charge < -0.3 is 5.32 Å². The Morgan fingerprint density at radius 2 is 1.60 bits per heavy atom. The Labute approximate surface area is 116 Å². The minimum Gasteiger partial charge on any atom is -0.314 e. The highest BCUT2D eigenvalue weighted by Crippen LogP contribution is 2.17. The summed E-state index contributed by atoms with van der Waals surface area (Å²) in [4.78, 5) is 4.59. The fourth-order valence-corrected chi connectivity index (χ4v) is 2.78. The van der Waals surface area contributed by atoms with Gasteiger partial charge in [0.2, 0.25) is 0 Å². The lowest BCUT2D eigenvalue weighted by atomic mass is 10.1. The topological polar surface area (TPSA) is 18.5 Å². The van der Waals surface area contributed by atoms with Gasteiger partial charge in [0.25, 0.3) is 0 Å². The molecule has 0 saturated carbocycles. The molecule has 3 nitrogen and oxygen atoms in total. The first-order valence-electron chi connectivity index (χ1n) is 6.94. The summed E-state index contributed by atoms with van der Waals surface area (Å²) < 4.78 is 39.2. The SMILES string of the molecule is Fc1cc(CN2CCN(C3CNC3)CC2)cc(F)c1F. The zero-order valence-corrected chi connectivity index (χ0v) is 11.2. The van der Waals surface area contributed by atoms with Crippen molar-refractivity contribution < 1.29 is 13.2 Å². The molecule has 2 saturated heterocycles. The van der Waals surface area contributed by atoms with Crippen molar-refractivity contribution in [2.45, 2.75) is 12.6 Å². The van der Waals surface area contributed by atoms with Crippen LogP contribution in [-0.2, 0) is 6.54 Å². The van der Waals surface area contributed by atoms with Crippen LogP contribution in [0, 0.1) is 17.5 Å². The monoisotopic (exact) mass is 285 g/mol. The number of nitrogens with zero attached hydrogens (tertiary/aromatic N) is 2. The highest BCUT2D eigenvalue weighted by Gasteiger charge is 2.27. The minimum atomic E-state index is -1.39. The molecule has 2 aliphatic rings. The fraction of sp³-hybridized carbons (Fsp3) is 0.571. The third-order valence-corrected chi connectivity index (χ3v) is 4.13. The summed E-state index contributed by atoms with van der Waals surface area (Å²) in [6.07, 6.45) is 0. The summed E-state index contributed by atoms with van der Waals surface area (Å²) in [5.41, 5.74) is 0.486. The van der Waals surface area contributed by atoms with Crippen LogP contribution in [0.15, 0.2) is 12.1 Å². The molecular weight excluding hydrogens is 267 g/mol. The van der Waals surface area contributed by atoms with Gasteiger partial charge in [-0.2, -0.15) is 0 Å². The molecule has 0 bridgehead atoms. The molecular formula is C14H18F3N3. The van der Waals surface area contributed by atoms with Crippen LogP contribution in [0.5, 0.6) is 0 Å². The number of nitrogens with one attached hydrogen (secondary N) is 1. The molecule has 0 atom stereocenters. The molecule has 2 aliphatic heterocycles. The molecule has 2 fully saturated rings. The Morgan fingerprint density at radius 1 is 1.00 bits per heavy atom. The summed E-state index contributed by atoms with van der Waals surface area (Å²) in [6, 6.07) is 2.80. The number of hydrogen-bond acceptors (Lipinski definition) is 3. The maximum Gasteiger partial charge on any atom is 0.194 e. The van der Waals surface area contributed by atoms with Crippen LogP contribution >= 0.6 is 0 Å². The van der Waals surface area contributed by atoms with E-state index in [1.807, 2.05) is 0 Å². The van der Waals surface area contributed by atoms with E-state index in [-0.39, 0.29) is 0 Å². The number of benzene rings is 1. The third-order valence-electron chi connectivity index (χ3n) is 4.13. The van der Waals surface area contributed by atoms with Crippen molar-refractivity contribution in [2.75, 3.05) is 39.3 Å². The summed E-state index contributed by atoms with van der Waals surface area (Å²) in [7, 11) is 0. The van der Waals surface area contributed by atoms with E-state index in [0.717, 1.165) is 51.4 Å². The molecule has 0 unspecified atom stereocenters. The van der Waals surface area contributed by atoms with Crippen LogP contribution in [0.25, 0.3) is 0 Å². The summed E-state index contributed by atoms with van der Waals surface area (Å²) >= 11 is 0. The molecule has 20 heavy (non-hydrogen) atoms. The first kappa shape index (κ1) is 13.9. The van der Waals surface area contributed by atoms with Crippen LogP contribution in [0.4, 0.5) is 13.2 Å². The van der Waals surface area contributed by atoms with E-state index in [2.05, 4.69) is 15.1 Å². The second-order valence-corrected chi connectivity index (χ2v) is 5.50. The Balaban J connectivity index is 1.56. The number of piperazine rings is 1. The molecule has 0 radical (unpaired) electrons. The first-order chi connectivity index (χ1) is 9.63. The second kappa shape index (κ2) is 5.71. The van der Waals surface area contributed by atoms with Crippen molar-refractivity contribution in [3.8, 4) is 0 Å². The minimum absolute atomic E-state index is 0.463. The molecule has 1 N–H and O–H groups in total. The van der Waals surface area contributed by atoms with Crippen LogP contribution in [0.3, 0.4) is 0 Å². The molecule has 2 heterocycles. The highest BCUT2D eigenvalue weighted by molar-refractivity contribution is 5.19. The largest absolute Gasteiger partial charge is 0.314 e. The normalized spacial score (nSPS) is 21.9. The Morgan fingerprint density at radius 3 is 2.10 bits per heavy atom. The Bertz CT molecular complexity index is 460. The average molecular weight is 285 g/mol. The van der Waals surface area contributed by atoms with Crippen molar-refractivity contribution in [1.82, 2.24) is 15.1 Å². The zero-order valence-electron chi connectivity index (χ0n) is 11.2. The van der Waals surface area contributed by atoms with Gasteiger partial charge in [0.05, 0.1) is 0 Å². The van der Waals surface area contributed by atoms with Gasteiger partial charge in [-0.15, -0.1) is 0 Å². The quantitative estimate of drug-likeness (QED) is 0.842. The highest BCUT2D eigenvalue weighted by atomic mass is 19.2. The lowest BCUT2D eigenvalue weighted by Gasteiger charge is -2.43. The van der Waals surface area contributed by atoms with Gasteiger partial charge in [-0.25, -0.2) is 13.2 Å². The standard InChI is InChI=1S/C14H18F3N3/c15-12-5-10(6-13(16)14(12)17)9-19-1-3-20(4-2-19)11-7-18-8-11/h5-6,11,18H,1-4,7-9H2. The van der Waals surface area contributed by atoms with E-state index >= 15 is 0 Å². The predicted octanol–water partition coefficient (Wildman–Crippen LogP) is 1.19. The van der Waals surface area contributed by atoms with Crippen molar-refractivity contribution >= 4 is 0 Å². The van der Waals surface area contributed by atoms with Crippen molar-refractivity contribution in [1.29, 1.82) is 0 Å². The van der Waals surface area contributed by atoms with E-state index < -0.39 is 17.5 Å². The number of rotatable bonds is 3. The maximum absolute atomic E-state index is 13.2. The van der Waals surface area contributed by atoms with Crippen molar-refractivity contribution in [3.05, 3.63) is 35.1 Å². The van der Waals surface area contributed by atoms with Gasteiger partial charge in [0.1, 0.15) is 0 Å². The van der Waals surface area contributed by atoms with Gasteiger partial charge in [-0.1, -0.05) is 0 Å². The van der Waals surface area contributed by atoms with E-state index in [0.29, 0.717) is 18.2 Å². The summed E-state index contributed by atoms with van der Waals surface area (Å²) in [6.45, 7) is 6.25. The molecule has 0 amide bonds. The van der Waals surface area contributed by atoms with E-state index in [1.54, 1.807) is 0 Å². The maximum atomic E-state index is 13.2. The lowest BCUT2D eigenvalue weighted by Crippen LogP contribution is -2.61. The van der Waals surface area contributed by atoms with Gasteiger partial charge >= 0.3 is 0 Å². The molecule has 1 aromatic carbocycles. The second-order valence-electron chi connectivity index (χ2n) is 5.50. The lowest BCUT2D eigenvalue weighted by molar-refractivity contribution is 0.0694. The Kier molecular flexibility index (Phi) is 3.96. The van der Waals surface area contributed by atoms with Gasteiger partial charge in [-0.05, 0) is 17.7 Å². The molecule has 3 rings (SSSR count). The molecule has 1 aromatic rings. The van der Waals surface area contributed by atoms with Crippen LogP contribution < -0.4 is 5.32 Å². The summed E-state index contributed by atoms with van der Waals surface area (Å²) in [5.74, 6) is -3.62. The third kappa shape index (κ3) is 2.82. The molecule has 0 aromatic heterocycles. The fourth-order valence-electron chi connectivity index (χ4n) is 2.78. The predicted molar refractivity (Wildman–Crippen MR) is 69.8 cm³/mol. The molecule has 110 valence electrons. The number of halogens is 3. The van der Waals surface area contributed by atoms with Crippen LogP contribution in [0.1, 0.15) is 5.56 Å². The van der Waals surface area contributed by atoms with Gasteiger partial charge in [0, 0.05) is 51.9 Å². The van der Waals surface area contributed by atoms with E-state index in [1.165, 1.54) is 0 Å². The number of hydrogen-bond donors (Lipinski definition) is 1. The van der Waals surface area contributed by atoms with Crippen molar-refractivity contribution in [3.63, 3.8) is 0 Å². The smallest absolute Gasteiger partial charge is 0.194 e. The van der Waals surface area contributed by atoms with Crippen molar-refractivity contribution in [2.24, 2.45) is 0 Å². The van der Waals surface area contributed by atoms with Gasteiger partial charge in [0.15, 0.2) is 17.5 Å². The first-order valence-corrected chi connectivity index (χ1v) is 6.94. The van der Waals surface area contributed by atoms with E-state index in [4.69, 9.17) is 0 Å².